The van der Waals surface area contributed by atoms with Gasteiger partial charge in [-0.25, -0.2) is 9.98 Å². The van der Waals surface area contributed by atoms with E-state index in [1.807, 2.05) is 50.2 Å². The molecule has 1 aromatic heterocycles. The van der Waals surface area contributed by atoms with Crippen LogP contribution in [-0.2, 0) is 13.1 Å². The zero-order valence-corrected chi connectivity index (χ0v) is 15.1. The Bertz CT molecular complexity index is 671. The summed E-state index contributed by atoms with van der Waals surface area (Å²) in [6, 6.07) is 11.8. The maximum absolute atomic E-state index is 5.56. The van der Waals surface area contributed by atoms with Gasteiger partial charge in [0.1, 0.15) is 5.75 Å². The summed E-state index contributed by atoms with van der Waals surface area (Å²) < 4.78 is 10.7. The number of rotatable bonds is 8. The summed E-state index contributed by atoms with van der Waals surface area (Å²) in [6.45, 7) is 6.56. The Morgan fingerprint density at radius 1 is 1.12 bits per heavy atom. The molecule has 134 valence electrons. The Balaban J connectivity index is 1.99. The Labute approximate surface area is 149 Å². The van der Waals surface area contributed by atoms with Crippen LogP contribution in [0.3, 0.4) is 0 Å². The van der Waals surface area contributed by atoms with E-state index < -0.39 is 0 Å². The van der Waals surface area contributed by atoms with Gasteiger partial charge in [-0.05, 0) is 37.6 Å². The van der Waals surface area contributed by atoms with E-state index in [9.17, 15) is 0 Å². The fourth-order valence-electron chi connectivity index (χ4n) is 2.25. The molecule has 0 bridgehead atoms. The summed E-state index contributed by atoms with van der Waals surface area (Å²) in [5.74, 6) is 2.26. The highest BCUT2D eigenvalue weighted by Gasteiger charge is 2.05. The van der Waals surface area contributed by atoms with Crippen molar-refractivity contribution in [2.24, 2.45) is 4.99 Å². The van der Waals surface area contributed by atoms with E-state index >= 15 is 0 Å². The second kappa shape index (κ2) is 10.2. The Hall–Kier alpha value is -2.76. The average Bonchev–Trinajstić information content (AvgIpc) is 2.65. The molecule has 0 aliphatic heterocycles. The largest absolute Gasteiger partial charge is 0.497 e. The molecule has 0 aliphatic carbocycles. The SMILES string of the molecule is CCNC(=NCc1ccc(OC)cc1)NCc1cccnc1OCC. The molecule has 6 heteroatoms. The lowest BCUT2D eigenvalue weighted by atomic mass is 10.2. The first-order valence-electron chi connectivity index (χ1n) is 8.48. The number of hydrogen-bond acceptors (Lipinski definition) is 4. The second-order valence-electron chi connectivity index (χ2n) is 5.30. The number of aromatic nitrogens is 1. The molecule has 0 spiro atoms. The standard InChI is InChI=1S/C19H26N4O2/c1-4-20-19(22-13-15-8-10-17(24-3)11-9-15)23-14-16-7-6-12-21-18(16)25-5-2/h6-12H,4-5,13-14H2,1-3H3,(H2,20,22,23). The van der Waals surface area contributed by atoms with Gasteiger partial charge >= 0.3 is 0 Å². The predicted octanol–water partition coefficient (Wildman–Crippen LogP) is 2.74. The number of methoxy groups -OCH3 is 1. The van der Waals surface area contributed by atoms with E-state index in [2.05, 4.69) is 20.6 Å². The molecule has 0 aliphatic rings. The lowest BCUT2D eigenvalue weighted by Crippen LogP contribution is -2.36. The van der Waals surface area contributed by atoms with Crippen molar-refractivity contribution in [3.8, 4) is 11.6 Å². The zero-order valence-electron chi connectivity index (χ0n) is 15.1. The van der Waals surface area contributed by atoms with Gasteiger partial charge in [-0.15, -0.1) is 0 Å². The lowest BCUT2D eigenvalue weighted by Gasteiger charge is -2.13. The van der Waals surface area contributed by atoms with Crippen molar-refractivity contribution in [2.45, 2.75) is 26.9 Å². The molecule has 2 N–H and O–H groups in total. The maximum Gasteiger partial charge on any atom is 0.218 e. The number of hydrogen-bond donors (Lipinski definition) is 2. The van der Waals surface area contributed by atoms with Crippen molar-refractivity contribution in [3.63, 3.8) is 0 Å². The molecule has 0 fully saturated rings. The third-order valence-corrected chi connectivity index (χ3v) is 3.50. The molecule has 1 aromatic carbocycles. The fourth-order valence-corrected chi connectivity index (χ4v) is 2.25. The molecule has 6 nitrogen and oxygen atoms in total. The number of ether oxygens (including phenoxy) is 2. The molecule has 25 heavy (non-hydrogen) atoms. The van der Waals surface area contributed by atoms with Gasteiger partial charge in [0.2, 0.25) is 5.88 Å². The summed E-state index contributed by atoms with van der Waals surface area (Å²) in [6.07, 6.45) is 1.73. The Morgan fingerprint density at radius 3 is 2.60 bits per heavy atom. The molecule has 0 saturated carbocycles. The van der Waals surface area contributed by atoms with Crippen LogP contribution < -0.4 is 20.1 Å². The number of aliphatic imine (C=N–C) groups is 1. The molecule has 0 atom stereocenters. The van der Waals surface area contributed by atoms with Crippen LogP contribution in [0.4, 0.5) is 0 Å². The van der Waals surface area contributed by atoms with Crippen LogP contribution in [0.5, 0.6) is 11.6 Å². The molecule has 2 aromatic rings. The van der Waals surface area contributed by atoms with Gasteiger partial charge < -0.3 is 20.1 Å². The highest BCUT2D eigenvalue weighted by atomic mass is 16.5. The quantitative estimate of drug-likeness (QED) is 0.570. The van der Waals surface area contributed by atoms with Crippen LogP contribution >= 0.6 is 0 Å². The van der Waals surface area contributed by atoms with E-state index in [1.54, 1.807) is 13.3 Å². The fraction of sp³-hybridized carbons (Fsp3) is 0.368. The van der Waals surface area contributed by atoms with Gasteiger partial charge in [-0.3, -0.25) is 0 Å². The second-order valence-corrected chi connectivity index (χ2v) is 5.30. The van der Waals surface area contributed by atoms with E-state index in [1.165, 1.54) is 0 Å². The first-order chi connectivity index (χ1) is 12.3. The molecular formula is C19H26N4O2. The number of guanidine groups is 1. The molecule has 2 rings (SSSR count). The van der Waals surface area contributed by atoms with Gasteiger partial charge in [0, 0.05) is 24.8 Å². The van der Waals surface area contributed by atoms with Crippen LogP contribution in [-0.4, -0.2) is 31.2 Å². The summed E-state index contributed by atoms with van der Waals surface area (Å²) in [4.78, 5) is 8.89. The highest BCUT2D eigenvalue weighted by molar-refractivity contribution is 5.79. The van der Waals surface area contributed by atoms with Gasteiger partial charge in [0.05, 0.1) is 20.3 Å². The van der Waals surface area contributed by atoms with Crippen LogP contribution in [0.15, 0.2) is 47.6 Å². The minimum Gasteiger partial charge on any atom is -0.497 e. The number of pyridine rings is 1. The predicted molar refractivity (Wildman–Crippen MR) is 100 cm³/mol. The number of nitrogens with zero attached hydrogens (tertiary/aromatic N) is 2. The van der Waals surface area contributed by atoms with Gasteiger partial charge in [-0.1, -0.05) is 18.2 Å². The van der Waals surface area contributed by atoms with Gasteiger partial charge in [0.15, 0.2) is 5.96 Å². The van der Waals surface area contributed by atoms with Crippen LogP contribution in [0.2, 0.25) is 0 Å². The number of nitrogens with one attached hydrogen (secondary N) is 2. The molecule has 0 unspecified atom stereocenters. The Morgan fingerprint density at radius 2 is 1.92 bits per heavy atom. The first kappa shape index (κ1) is 18.6. The number of benzene rings is 1. The monoisotopic (exact) mass is 342 g/mol. The summed E-state index contributed by atoms with van der Waals surface area (Å²) in [7, 11) is 1.66. The third kappa shape index (κ3) is 5.99. The molecule has 1 heterocycles. The van der Waals surface area contributed by atoms with E-state index in [0.717, 1.165) is 29.4 Å². The van der Waals surface area contributed by atoms with Crippen molar-refractivity contribution in [3.05, 3.63) is 53.7 Å². The smallest absolute Gasteiger partial charge is 0.218 e. The molecule has 0 saturated heterocycles. The van der Waals surface area contributed by atoms with Gasteiger partial charge in [-0.2, -0.15) is 0 Å². The summed E-state index contributed by atoms with van der Waals surface area (Å²) in [5, 5.41) is 6.57. The topological polar surface area (TPSA) is 67.8 Å². The Kier molecular flexibility index (Phi) is 7.56. The minimum absolute atomic E-state index is 0.588. The summed E-state index contributed by atoms with van der Waals surface area (Å²) in [5.41, 5.74) is 2.12. The molecule has 0 radical (unpaired) electrons. The van der Waals surface area contributed by atoms with Crippen LogP contribution in [0.1, 0.15) is 25.0 Å². The normalized spacial score (nSPS) is 11.1. The third-order valence-electron chi connectivity index (χ3n) is 3.50. The van der Waals surface area contributed by atoms with Crippen molar-refractivity contribution in [1.82, 2.24) is 15.6 Å². The summed E-state index contributed by atoms with van der Waals surface area (Å²) >= 11 is 0. The van der Waals surface area contributed by atoms with E-state index in [0.29, 0.717) is 25.6 Å². The van der Waals surface area contributed by atoms with Crippen LogP contribution in [0, 0.1) is 0 Å². The van der Waals surface area contributed by atoms with Crippen molar-refractivity contribution in [2.75, 3.05) is 20.3 Å². The lowest BCUT2D eigenvalue weighted by molar-refractivity contribution is 0.322. The van der Waals surface area contributed by atoms with Crippen LogP contribution in [0.25, 0.3) is 0 Å². The maximum atomic E-state index is 5.56. The average molecular weight is 342 g/mol. The van der Waals surface area contributed by atoms with Gasteiger partial charge in [0.25, 0.3) is 0 Å². The van der Waals surface area contributed by atoms with Crippen molar-refractivity contribution >= 4 is 5.96 Å². The van der Waals surface area contributed by atoms with E-state index in [4.69, 9.17) is 9.47 Å². The zero-order chi connectivity index (χ0) is 17.9. The molecule has 0 amide bonds. The highest BCUT2D eigenvalue weighted by Crippen LogP contribution is 2.14. The van der Waals surface area contributed by atoms with Crippen molar-refractivity contribution < 1.29 is 9.47 Å². The minimum atomic E-state index is 0.588. The van der Waals surface area contributed by atoms with E-state index in [-0.39, 0.29) is 0 Å². The van der Waals surface area contributed by atoms with Crippen molar-refractivity contribution in [1.29, 1.82) is 0 Å². The molecular weight excluding hydrogens is 316 g/mol. The first-order valence-corrected chi connectivity index (χ1v) is 8.48.